The number of hydrogen-bond donors (Lipinski definition) is 0. The number of aromatic nitrogens is 3. The first-order chi connectivity index (χ1) is 13.8. The Kier molecular flexibility index (Phi) is 3.95. The van der Waals surface area contributed by atoms with Gasteiger partial charge >= 0.3 is 0 Å². The van der Waals surface area contributed by atoms with Gasteiger partial charge in [-0.05, 0) is 54.6 Å². The maximum Gasteiger partial charge on any atom is 0.119 e. The number of benzene rings is 2. The van der Waals surface area contributed by atoms with Gasteiger partial charge in [-0.15, -0.1) is 0 Å². The van der Waals surface area contributed by atoms with Crippen LogP contribution in [0.4, 0.5) is 0 Å². The average Bonchev–Trinajstić information content (AvgIpc) is 3.46. The van der Waals surface area contributed by atoms with E-state index in [1.807, 2.05) is 42.5 Å². The minimum absolute atomic E-state index is 0.829. The second kappa shape index (κ2) is 6.74. The van der Waals surface area contributed by atoms with Gasteiger partial charge in [-0.3, -0.25) is 0 Å². The minimum atomic E-state index is 0.829. The number of fused-ring (bicyclic) bond motifs is 1. The maximum absolute atomic E-state index is 5.36. The van der Waals surface area contributed by atoms with Crippen molar-refractivity contribution in [1.82, 2.24) is 14.1 Å². The van der Waals surface area contributed by atoms with Crippen molar-refractivity contribution in [3.8, 4) is 28.4 Å². The normalized spacial score (nSPS) is 11.0. The third-order valence-electron chi connectivity index (χ3n) is 4.92. The van der Waals surface area contributed by atoms with Crippen LogP contribution >= 0.6 is 0 Å². The van der Waals surface area contributed by atoms with Crippen molar-refractivity contribution in [3.05, 3.63) is 97.6 Å². The van der Waals surface area contributed by atoms with Gasteiger partial charge < -0.3 is 13.9 Å². The molecule has 28 heavy (non-hydrogen) atoms. The van der Waals surface area contributed by atoms with Crippen LogP contribution in [0.5, 0.6) is 5.75 Å². The first-order valence-corrected chi connectivity index (χ1v) is 9.18. The van der Waals surface area contributed by atoms with Crippen molar-refractivity contribution in [1.29, 1.82) is 0 Å². The smallest absolute Gasteiger partial charge is 0.119 e. The number of pyridine rings is 1. The predicted molar refractivity (Wildman–Crippen MR) is 112 cm³/mol. The van der Waals surface area contributed by atoms with Gasteiger partial charge in [-0.25, -0.2) is 4.98 Å². The lowest BCUT2D eigenvalue weighted by atomic mass is 10.1. The summed E-state index contributed by atoms with van der Waals surface area (Å²) in [5.41, 5.74) is 5.13. The average molecular weight is 365 g/mol. The quantitative estimate of drug-likeness (QED) is 0.422. The molecule has 0 fully saturated rings. The molecule has 0 saturated heterocycles. The highest BCUT2D eigenvalue weighted by Crippen LogP contribution is 2.29. The Morgan fingerprint density at radius 2 is 1.39 bits per heavy atom. The molecule has 0 unspecified atom stereocenters. The van der Waals surface area contributed by atoms with Crippen LogP contribution in [0.1, 0.15) is 0 Å². The lowest BCUT2D eigenvalue weighted by molar-refractivity contribution is 0.415. The zero-order chi connectivity index (χ0) is 18.9. The fourth-order valence-electron chi connectivity index (χ4n) is 3.50. The fourth-order valence-corrected chi connectivity index (χ4v) is 3.50. The van der Waals surface area contributed by atoms with Crippen molar-refractivity contribution in [2.45, 2.75) is 0 Å². The SMILES string of the molecule is COc1cccc(-c2ccc3cc(-n4cccc4)c(-n4cccc4)cc3n2)c1. The molecule has 5 aromatic rings. The Morgan fingerprint density at radius 3 is 2.07 bits per heavy atom. The molecule has 3 heterocycles. The summed E-state index contributed by atoms with van der Waals surface area (Å²) in [5, 5.41) is 1.10. The van der Waals surface area contributed by atoms with Crippen LogP contribution in [0.25, 0.3) is 33.5 Å². The standard InChI is InChI=1S/C24H19N3O/c1-28-20-8-6-7-18(15-20)21-10-9-19-16-23(26-11-2-3-12-26)24(17-22(19)25-21)27-13-4-5-14-27/h2-17H,1H3. The van der Waals surface area contributed by atoms with E-state index in [1.165, 1.54) is 0 Å². The molecule has 0 aliphatic rings. The van der Waals surface area contributed by atoms with E-state index >= 15 is 0 Å². The lowest BCUT2D eigenvalue weighted by Gasteiger charge is -2.14. The molecule has 0 spiro atoms. The van der Waals surface area contributed by atoms with E-state index in [4.69, 9.17) is 9.72 Å². The zero-order valence-corrected chi connectivity index (χ0v) is 15.5. The third kappa shape index (κ3) is 2.85. The molecule has 0 saturated carbocycles. The molecule has 0 amide bonds. The van der Waals surface area contributed by atoms with Crippen LogP contribution in [0.3, 0.4) is 0 Å². The zero-order valence-electron chi connectivity index (χ0n) is 15.5. The Labute approximate surface area is 163 Å². The molecule has 3 aromatic heterocycles. The van der Waals surface area contributed by atoms with Crippen molar-refractivity contribution in [2.75, 3.05) is 7.11 Å². The summed E-state index contributed by atoms with van der Waals surface area (Å²) in [6.07, 6.45) is 8.23. The van der Waals surface area contributed by atoms with Gasteiger partial charge in [0.25, 0.3) is 0 Å². The summed E-state index contributed by atoms with van der Waals surface area (Å²) in [7, 11) is 1.68. The molecule has 136 valence electrons. The molecule has 5 rings (SSSR count). The second-order valence-corrected chi connectivity index (χ2v) is 6.64. The number of ether oxygens (including phenoxy) is 1. The van der Waals surface area contributed by atoms with E-state index in [2.05, 4.69) is 64.3 Å². The van der Waals surface area contributed by atoms with E-state index in [0.29, 0.717) is 0 Å². The van der Waals surface area contributed by atoms with Gasteiger partial charge in [-0.1, -0.05) is 18.2 Å². The molecule has 0 N–H and O–H groups in total. The van der Waals surface area contributed by atoms with E-state index in [9.17, 15) is 0 Å². The molecule has 0 radical (unpaired) electrons. The molecule has 4 nitrogen and oxygen atoms in total. The van der Waals surface area contributed by atoms with Gasteiger partial charge in [0.2, 0.25) is 0 Å². The van der Waals surface area contributed by atoms with E-state index in [1.54, 1.807) is 7.11 Å². The molecule has 0 atom stereocenters. The van der Waals surface area contributed by atoms with Crippen molar-refractivity contribution in [2.24, 2.45) is 0 Å². The van der Waals surface area contributed by atoms with E-state index in [-0.39, 0.29) is 0 Å². The van der Waals surface area contributed by atoms with Crippen LogP contribution < -0.4 is 4.74 Å². The molecule has 2 aromatic carbocycles. The topological polar surface area (TPSA) is 32.0 Å². The maximum atomic E-state index is 5.36. The first-order valence-electron chi connectivity index (χ1n) is 9.18. The number of nitrogens with zero attached hydrogens (tertiary/aromatic N) is 3. The van der Waals surface area contributed by atoms with E-state index < -0.39 is 0 Å². The molecule has 0 aliphatic carbocycles. The van der Waals surface area contributed by atoms with Gasteiger partial charge in [0.15, 0.2) is 0 Å². The highest BCUT2D eigenvalue weighted by Gasteiger charge is 2.10. The molecular weight excluding hydrogens is 346 g/mol. The Bertz CT molecular complexity index is 1240. The largest absolute Gasteiger partial charge is 0.497 e. The summed E-state index contributed by atoms with van der Waals surface area (Å²) >= 11 is 0. The lowest BCUT2D eigenvalue weighted by Crippen LogP contribution is -2.01. The van der Waals surface area contributed by atoms with Crippen molar-refractivity contribution >= 4 is 10.9 Å². The third-order valence-corrected chi connectivity index (χ3v) is 4.92. The van der Waals surface area contributed by atoms with Crippen LogP contribution in [-0.4, -0.2) is 21.2 Å². The van der Waals surface area contributed by atoms with Gasteiger partial charge in [-0.2, -0.15) is 0 Å². The van der Waals surface area contributed by atoms with Crippen molar-refractivity contribution < 1.29 is 4.74 Å². The van der Waals surface area contributed by atoms with Crippen molar-refractivity contribution in [3.63, 3.8) is 0 Å². The summed E-state index contributed by atoms with van der Waals surface area (Å²) in [5.74, 6) is 0.829. The monoisotopic (exact) mass is 365 g/mol. The second-order valence-electron chi connectivity index (χ2n) is 6.64. The van der Waals surface area contributed by atoms with Crippen LogP contribution in [-0.2, 0) is 0 Å². The Balaban J connectivity index is 1.70. The van der Waals surface area contributed by atoms with Gasteiger partial charge in [0.1, 0.15) is 5.75 Å². The number of methoxy groups -OCH3 is 1. The summed E-state index contributed by atoms with van der Waals surface area (Å²) in [6, 6.07) is 24.7. The molecule has 0 aliphatic heterocycles. The van der Waals surface area contributed by atoms with Crippen LogP contribution in [0, 0.1) is 0 Å². The van der Waals surface area contributed by atoms with Gasteiger partial charge in [0, 0.05) is 35.7 Å². The van der Waals surface area contributed by atoms with Crippen LogP contribution in [0.15, 0.2) is 97.6 Å². The highest BCUT2D eigenvalue weighted by atomic mass is 16.5. The Hall–Kier alpha value is -3.79. The molecule has 4 heteroatoms. The molecule has 0 bridgehead atoms. The molecular formula is C24H19N3O. The minimum Gasteiger partial charge on any atom is -0.497 e. The highest BCUT2D eigenvalue weighted by molar-refractivity contribution is 5.87. The predicted octanol–water partition coefficient (Wildman–Crippen LogP) is 5.49. The van der Waals surface area contributed by atoms with Gasteiger partial charge in [0.05, 0.1) is 29.7 Å². The first kappa shape index (κ1) is 16.4. The summed E-state index contributed by atoms with van der Waals surface area (Å²) in [4.78, 5) is 4.94. The Morgan fingerprint density at radius 1 is 0.714 bits per heavy atom. The number of hydrogen-bond acceptors (Lipinski definition) is 2. The van der Waals surface area contributed by atoms with Crippen LogP contribution in [0.2, 0.25) is 0 Å². The fraction of sp³-hybridized carbons (Fsp3) is 0.0417. The summed E-state index contributed by atoms with van der Waals surface area (Å²) in [6.45, 7) is 0. The number of rotatable bonds is 4. The summed E-state index contributed by atoms with van der Waals surface area (Å²) < 4.78 is 9.60. The van der Waals surface area contributed by atoms with E-state index in [0.717, 1.165) is 39.3 Å².